The second kappa shape index (κ2) is 8.64. The predicted octanol–water partition coefficient (Wildman–Crippen LogP) is 1.39. The standard InChI is InChI=1S/C20H30N4O2/c1-3-16-6-4-5-15(2)20(16)22-19(26)14-24-11-9-23(10-12-24)13-18(25)21-17-7-8-17/h4-6,17H,3,7-14H2,1-2H3,(H,21,25)(H,22,26). The quantitative estimate of drug-likeness (QED) is 0.773. The Hall–Kier alpha value is -1.92. The van der Waals surface area contributed by atoms with Crippen molar-refractivity contribution in [3.05, 3.63) is 29.3 Å². The monoisotopic (exact) mass is 358 g/mol. The van der Waals surface area contributed by atoms with Gasteiger partial charge in [-0.15, -0.1) is 0 Å². The summed E-state index contributed by atoms with van der Waals surface area (Å²) < 4.78 is 0. The van der Waals surface area contributed by atoms with Crippen LogP contribution in [0.2, 0.25) is 0 Å². The molecule has 1 aliphatic heterocycles. The first-order valence-corrected chi connectivity index (χ1v) is 9.67. The molecule has 26 heavy (non-hydrogen) atoms. The van der Waals surface area contributed by atoms with Crippen molar-refractivity contribution in [2.24, 2.45) is 0 Å². The number of rotatable bonds is 7. The highest BCUT2D eigenvalue weighted by Crippen LogP contribution is 2.21. The highest BCUT2D eigenvalue weighted by molar-refractivity contribution is 5.93. The maximum absolute atomic E-state index is 12.5. The van der Waals surface area contributed by atoms with Crippen LogP contribution in [0.4, 0.5) is 5.69 Å². The van der Waals surface area contributed by atoms with Gasteiger partial charge in [-0.3, -0.25) is 19.4 Å². The average Bonchev–Trinajstić information content (AvgIpc) is 3.42. The smallest absolute Gasteiger partial charge is 0.238 e. The van der Waals surface area contributed by atoms with Crippen LogP contribution in [0.15, 0.2) is 18.2 Å². The molecule has 0 atom stereocenters. The molecule has 1 aromatic rings. The first-order chi connectivity index (χ1) is 12.5. The lowest BCUT2D eigenvalue weighted by atomic mass is 10.1. The van der Waals surface area contributed by atoms with Crippen molar-refractivity contribution in [2.75, 3.05) is 44.6 Å². The van der Waals surface area contributed by atoms with Crippen LogP contribution in [0.3, 0.4) is 0 Å². The van der Waals surface area contributed by atoms with Crippen LogP contribution in [0, 0.1) is 6.92 Å². The van der Waals surface area contributed by atoms with Gasteiger partial charge >= 0.3 is 0 Å². The fourth-order valence-electron chi connectivity index (χ4n) is 3.39. The summed E-state index contributed by atoms with van der Waals surface area (Å²) >= 11 is 0. The third kappa shape index (κ3) is 5.29. The number of aryl methyl sites for hydroxylation is 2. The number of amides is 2. The molecular formula is C20H30N4O2. The van der Waals surface area contributed by atoms with Gasteiger partial charge in [0.05, 0.1) is 13.1 Å². The number of hydrogen-bond donors (Lipinski definition) is 2. The third-order valence-electron chi connectivity index (χ3n) is 5.15. The Morgan fingerprint density at radius 3 is 2.23 bits per heavy atom. The molecule has 0 spiro atoms. The van der Waals surface area contributed by atoms with Crippen molar-refractivity contribution in [3.63, 3.8) is 0 Å². The number of hydrogen-bond acceptors (Lipinski definition) is 4. The Morgan fingerprint density at radius 1 is 1.04 bits per heavy atom. The minimum Gasteiger partial charge on any atom is -0.352 e. The molecule has 6 heteroatoms. The maximum Gasteiger partial charge on any atom is 0.238 e. The fraction of sp³-hybridized carbons (Fsp3) is 0.600. The number of nitrogens with zero attached hydrogens (tertiary/aromatic N) is 2. The van der Waals surface area contributed by atoms with Gasteiger partial charge in [0.25, 0.3) is 0 Å². The molecule has 1 saturated carbocycles. The largest absolute Gasteiger partial charge is 0.352 e. The summed E-state index contributed by atoms with van der Waals surface area (Å²) in [6.45, 7) is 8.30. The summed E-state index contributed by atoms with van der Waals surface area (Å²) in [5, 5.41) is 6.12. The van der Waals surface area contributed by atoms with E-state index >= 15 is 0 Å². The molecule has 1 aromatic carbocycles. The summed E-state index contributed by atoms with van der Waals surface area (Å²) in [6.07, 6.45) is 3.14. The number of carbonyl (C=O) groups is 2. The second-order valence-electron chi connectivity index (χ2n) is 7.40. The van der Waals surface area contributed by atoms with Crippen LogP contribution in [0.5, 0.6) is 0 Å². The molecule has 0 aromatic heterocycles. The third-order valence-corrected chi connectivity index (χ3v) is 5.15. The highest BCUT2D eigenvalue weighted by atomic mass is 16.2. The summed E-state index contributed by atoms with van der Waals surface area (Å²) in [5.41, 5.74) is 3.23. The van der Waals surface area contributed by atoms with Crippen LogP contribution in [-0.4, -0.2) is 66.9 Å². The molecule has 0 radical (unpaired) electrons. The van der Waals surface area contributed by atoms with Gasteiger partial charge in [0, 0.05) is 37.9 Å². The van der Waals surface area contributed by atoms with Gasteiger partial charge in [-0.25, -0.2) is 0 Å². The van der Waals surface area contributed by atoms with Gasteiger partial charge in [-0.2, -0.15) is 0 Å². The normalized spacial score (nSPS) is 18.5. The number of para-hydroxylation sites is 1. The van der Waals surface area contributed by atoms with Crippen LogP contribution in [-0.2, 0) is 16.0 Å². The molecule has 2 N–H and O–H groups in total. The summed E-state index contributed by atoms with van der Waals surface area (Å²) in [6, 6.07) is 6.54. The Kier molecular flexibility index (Phi) is 6.27. The SMILES string of the molecule is CCc1cccc(C)c1NC(=O)CN1CCN(CC(=O)NC2CC2)CC1. The molecule has 3 rings (SSSR count). The predicted molar refractivity (Wildman–Crippen MR) is 103 cm³/mol. The zero-order chi connectivity index (χ0) is 18.5. The summed E-state index contributed by atoms with van der Waals surface area (Å²) in [5.74, 6) is 0.166. The van der Waals surface area contributed by atoms with Gasteiger partial charge in [0.1, 0.15) is 0 Å². The van der Waals surface area contributed by atoms with Crippen LogP contribution in [0.1, 0.15) is 30.9 Å². The Morgan fingerprint density at radius 2 is 1.65 bits per heavy atom. The minimum atomic E-state index is 0.0360. The van der Waals surface area contributed by atoms with Crippen molar-refractivity contribution in [3.8, 4) is 0 Å². The van der Waals surface area contributed by atoms with E-state index in [0.29, 0.717) is 19.1 Å². The summed E-state index contributed by atoms with van der Waals surface area (Å²) in [4.78, 5) is 28.7. The Bertz CT molecular complexity index is 649. The lowest BCUT2D eigenvalue weighted by molar-refractivity contribution is -0.123. The van der Waals surface area contributed by atoms with Crippen molar-refractivity contribution in [2.45, 2.75) is 39.2 Å². The fourth-order valence-corrected chi connectivity index (χ4v) is 3.39. The molecule has 6 nitrogen and oxygen atoms in total. The molecule has 1 heterocycles. The van der Waals surface area contributed by atoms with E-state index in [4.69, 9.17) is 0 Å². The molecule has 0 bridgehead atoms. The lowest BCUT2D eigenvalue weighted by Gasteiger charge is -2.33. The van der Waals surface area contributed by atoms with E-state index in [2.05, 4.69) is 33.4 Å². The summed E-state index contributed by atoms with van der Waals surface area (Å²) in [7, 11) is 0. The van der Waals surface area contributed by atoms with Crippen LogP contribution < -0.4 is 10.6 Å². The van der Waals surface area contributed by atoms with Crippen molar-refractivity contribution < 1.29 is 9.59 Å². The Labute approximate surface area is 155 Å². The van der Waals surface area contributed by atoms with E-state index in [9.17, 15) is 9.59 Å². The molecule has 2 aliphatic rings. The number of piperazine rings is 1. The van der Waals surface area contributed by atoms with Crippen molar-refractivity contribution in [1.29, 1.82) is 0 Å². The first kappa shape index (κ1) is 18.9. The molecule has 2 amide bonds. The first-order valence-electron chi connectivity index (χ1n) is 9.67. The zero-order valence-electron chi connectivity index (χ0n) is 15.9. The van der Waals surface area contributed by atoms with Gasteiger partial charge in [0.2, 0.25) is 11.8 Å². The van der Waals surface area contributed by atoms with Gasteiger partial charge in [-0.05, 0) is 37.3 Å². The van der Waals surface area contributed by atoms with E-state index in [1.807, 2.05) is 19.1 Å². The molecule has 2 fully saturated rings. The molecule has 1 aliphatic carbocycles. The number of anilines is 1. The van der Waals surface area contributed by atoms with E-state index in [0.717, 1.165) is 56.7 Å². The van der Waals surface area contributed by atoms with Gasteiger partial charge in [-0.1, -0.05) is 25.1 Å². The minimum absolute atomic E-state index is 0.0360. The number of benzene rings is 1. The lowest BCUT2D eigenvalue weighted by Crippen LogP contribution is -2.51. The second-order valence-corrected chi connectivity index (χ2v) is 7.40. The molecule has 142 valence electrons. The molecule has 1 saturated heterocycles. The van der Waals surface area contributed by atoms with E-state index in [1.165, 1.54) is 5.56 Å². The van der Waals surface area contributed by atoms with E-state index in [-0.39, 0.29) is 11.8 Å². The number of nitrogens with one attached hydrogen (secondary N) is 2. The Balaban J connectivity index is 1.42. The van der Waals surface area contributed by atoms with Crippen LogP contribution >= 0.6 is 0 Å². The topological polar surface area (TPSA) is 64.7 Å². The highest BCUT2D eigenvalue weighted by Gasteiger charge is 2.25. The van der Waals surface area contributed by atoms with Crippen LogP contribution in [0.25, 0.3) is 0 Å². The molecule has 0 unspecified atom stereocenters. The van der Waals surface area contributed by atoms with E-state index in [1.54, 1.807) is 0 Å². The molecular weight excluding hydrogens is 328 g/mol. The number of carbonyl (C=O) groups excluding carboxylic acids is 2. The van der Waals surface area contributed by atoms with Gasteiger partial charge < -0.3 is 10.6 Å². The average molecular weight is 358 g/mol. The maximum atomic E-state index is 12.5. The van der Waals surface area contributed by atoms with Crippen molar-refractivity contribution >= 4 is 17.5 Å². The van der Waals surface area contributed by atoms with Crippen molar-refractivity contribution in [1.82, 2.24) is 15.1 Å². The zero-order valence-corrected chi connectivity index (χ0v) is 15.9. The van der Waals surface area contributed by atoms with Gasteiger partial charge in [0.15, 0.2) is 0 Å². The van der Waals surface area contributed by atoms with E-state index < -0.39 is 0 Å².